The first-order valence-electron chi connectivity index (χ1n) is 5.29. The van der Waals surface area contributed by atoms with Gasteiger partial charge >= 0.3 is 0 Å². The molecule has 1 aromatic carbocycles. The molecule has 0 heterocycles. The van der Waals surface area contributed by atoms with E-state index in [4.69, 9.17) is 10.5 Å². The van der Waals surface area contributed by atoms with Crippen LogP contribution in [0.4, 0.5) is 8.78 Å². The third kappa shape index (κ3) is 1.78. The van der Waals surface area contributed by atoms with Gasteiger partial charge < -0.3 is 10.5 Å². The van der Waals surface area contributed by atoms with Gasteiger partial charge in [0.05, 0.1) is 7.11 Å². The van der Waals surface area contributed by atoms with Gasteiger partial charge in [-0.05, 0) is 36.6 Å². The van der Waals surface area contributed by atoms with E-state index in [1.54, 1.807) is 12.1 Å². The largest absolute Gasteiger partial charge is 0.497 e. The Balaban J connectivity index is 2.47. The molecule has 0 saturated heterocycles. The van der Waals surface area contributed by atoms with Crippen molar-refractivity contribution >= 4 is 0 Å². The number of hydrogen-bond donors (Lipinski definition) is 1. The van der Waals surface area contributed by atoms with Crippen molar-refractivity contribution in [2.75, 3.05) is 13.7 Å². The Morgan fingerprint density at radius 2 is 2.12 bits per heavy atom. The highest BCUT2D eigenvalue weighted by Crippen LogP contribution is 2.50. The normalized spacial score (nSPS) is 17.6. The van der Waals surface area contributed by atoms with Gasteiger partial charge in [0.1, 0.15) is 5.75 Å². The van der Waals surface area contributed by atoms with Gasteiger partial charge in [0.15, 0.2) is 0 Å². The van der Waals surface area contributed by atoms with Crippen LogP contribution in [0.5, 0.6) is 5.75 Å². The predicted molar refractivity (Wildman–Crippen MR) is 57.9 cm³/mol. The predicted octanol–water partition coefficient (Wildman–Crippen LogP) is 2.62. The molecule has 1 aromatic rings. The van der Waals surface area contributed by atoms with Gasteiger partial charge in [0.25, 0.3) is 6.43 Å². The van der Waals surface area contributed by atoms with Crippen LogP contribution < -0.4 is 10.5 Å². The van der Waals surface area contributed by atoms with Gasteiger partial charge in [-0.25, -0.2) is 8.78 Å². The Kier molecular flexibility index (Phi) is 2.84. The van der Waals surface area contributed by atoms with Crippen LogP contribution in [-0.2, 0) is 5.41 Å². The molecule has 4 heteroatoms. The second-order valence-electron chi connectivity index (χ2n) is 4.24. The minimum Gasteiger partial charge on any atom is -0.497 e. The number of nitrogens with two attached hydrogens (primary N) is 1. The summed E-state index contributed by atoms with van der Waals surface area (Å²) in [5, 5.41) is 0. The van der Waals surface area contributed by atoms with E-state index in [1.807, 2.05) is 0 Å². The van der Waals surface area contributed by atoms with E-state index >= 15 is 0 Å². The quantitative estimate of drug-likeness (QED) is 0.858. The van der Waals surface area contributed by atoms with E-state index in [0.29, 0.717) is 17.9 Å². The lowest BCUT2D eigenvalue weighted by Gasteiger charge is -2.18. The number of rotatable bonds is 4. The van der Waals surface area contributed by atoms with Crippen molar-refractivity contribution in [1.82, 2.24) is 0 Å². The minimum absolute atomic E-state index is 0.0868. The van der Waals surface area contributed by atoms with E-state index < -0.39 is 6.43 Å². The van der Waals surface area contributed by atoms with Crippen molar-refractivity contribution in [2.45, 2.75) is 24.7 Å². The van der Waals surface area contributed by atoms with Crippen LogP contribution in [0.2, 0.25) is 0 Å². The van der Waals surface area contributed by atoms with Gasteiger partial charge in [-0.15, -0.1) is 0 Å². The summed E-state index contributed by atoms with van der Waals surface area (Å²) in [6.07, 6.45) is -0.683. The fourth-order valence-electron chi connectivity index (χ4n) is 2.05. The Hall–Kier alpha value is -1.16. The van der Waals surface area contributed by atoms with Crippen LogP contribution >= 0.6 is 0 Å². The summed E-state index contributed by atoms with van der Waals surface area (Å²) >= 11 is 0. The van der Waals surface area contributed by atoms with Crippen molar-refractivity contribution in [3.05, 3.63) is 29.3 Å². The molecular weight excluding hydrogens is 212 g/mol. The Bertz CT molecular complexity index is 389. The van der Waals surface area contributed by atoms with Crippen LogP contribution in [0.15, 0.2) is 18.2 Å². The fourth-order valence-corrected chi connectivity index (χ4v) is 2.05. The maximum atomic E-state index is 12.9. The van der Waals surface area contributed by atoms with Crippen molar-refractivity contribution in [3.8, 4) is 5.75 Å². The van der Waals surface area contributed by atoms with Crippen LogP contribution in [0.25, 0.3) is 0 Å². The lowest BCUT2D eigenvalue weighted by Crippen LogP contribution is -2.21. The molecule has 2 N–H and O–H groups in total. The molecule has 1 aliphatic carbocycles. The topological polar surface area (TPSA) is 35.2 Å². The van der Waals surface area contributed by atoms with Gasteiger partial charge in [0, 0.05) is 17.5 Å². The molecule has 0 bridgehead atoms. The molecule has 0 aliphatic heterocycles. The number of methoxy groups -OCH3 is 1. The fraction of sp³-hybridized carbons (Fsp3) is 0.500. The molecular formula is C12H15F2NO. The van der Waals surface area contributed by atoms with E-state index in [1.165, 1.54) is 13.2 Å². The molecule has 88 valence electrons. The minimum atomic E-state index is -2.45. The third-order valence-corrected chi connectivity index (χ3v) is 3.31. The third-order valence-electron chi connectivity index (χ3n) is 3.31. The molecule has 16 heavy (non-hydrogen) atoms. The standard InChI is InChI=1S/C12H15F2NO/c1-16-8-2-3-9(11(13)14)10(6-8)12(7-15)4-5-12/h2-3,6,11H,4-5,7,15H2,1H3. The summed E-state index contributed by atoms with van der Waals surface area (Å²) in [4.78, 5) is 0. The maximum absolute atomic E-state index is 12.9. The SMILES string of the molecule is COc1ccc(C(F)F)c(C2(CN)CC2)c1. The Labute approximate surface area is 93.4 Å². The van der Waals surface area contributed by atoms with Gasteiger partial charge in [-0.1, -0.05) is 0 Å². The van der Waals surface area contributed by atoms with Gasteiger partial charge in [0.2, 0.25) is 0 Å². The molecule has 0 unspecified atom stereocenters. The zero-order valence-electron chi connectivity index (χ0n) is 9.17. The number of alkyl halides is 2. The summed E-state index contributed by atoms with van der Waals surface area (Å²) in [7, 11) is 1.53. The molecule has 2 nitrogen and oxygen atoms in total. The first-order valence-corrected chi connectivity index (χ1v) is 5.29. The molecule has 2 rings (SSSR count). The van der Waals surface area contributed by atoms with Crippen molar-refractivity contribution in [1.29, 1.82) is 0 Å². The van der Waals surface area contributed by atoms with Crippen molar-refractivity contribution < 1.29 is 13.5 Å². The van der Waals surface area contributed by atoms with Gasteiger partial charge in [-0.3, -0.25) is 0 Å². The van der Waals surface area contributed by atoms with E-state index in [9.17, 15) is 8.78 Å². The highest BCUT2D eigenvalue weighted by Gasteiger charge is 2.45. The molecule has 0 atom stereocenters. The molecule has 0 amide bonds. The zero-order chi connectivity index (χ0) is 11.8. The first kappa shape index (κ1) is 11.3. The molecule has 0 aromatic heterocycles. The number of ether oxygens (including phenoxy) is 1. The first-order chi connectivity index (χ1) is 7.63. The number of benzene rings is 1. The Morgan fingerprint density at radius 1 is 1.44 bits per heavy atom. The molecule has 1 aliphatic rings. The lowest BCUT2D eigenvalue weighted by atomic mass is 9.91. The lowest BCUT2D eigenvalue weighted by molar-refractivity contribution is 0.149. The van der Waals surface area contributed by atoms with E-state index in [0.717, 1.165) is 12.8 Å². The summed E-state index contributed by atoms with van der Waals surface area (Å²) in [5.41, 5.74) is 6.18. The van der Waals surface area contributed by atoms with Crippen LogP contribution in [-0.4, -0.2) is 13.7 Å². The van der Waals surface area contributed by atoms with Gasteiger partial charge in [-0.2, -0.15) is 0 Å². The molecule has 1 saturated carbocycles. The average Bonchev–Trinajstić information content (AvgIpc) is 3.09. The zero-order valence-corrected chi connectivity index (χ0v) is 9.17. The number of hydrogen-bond acceptors (Lipinski definition) is 2. The second kappa shape index (κ2) is 4.01. The van der Waals surface area contributed by atoms with Crippen LogP contribution in [0.1, 0.15) is 30.4 Å². The second-order valence-corrected chi connectivity index (χ2v) is 4.24. The highest BCUT2D eigenvalue weighted by atomic mass is 19.3. The summed E-state index contributed by atoms with van der Waals surface area (Å²) in [6, 6.07) is 4.70. The Morgan fingerprint density at radius 3 is 2.56 bits per heavy atom. The molecule has 0 radical (unpaired) electrons. The summed E-state index contributed by atoms with van der Waals surface area (Å²) < 4.78 is 30.8. The van der Waals surface area contributed by atoms with E-state index in [2.05, 4.69) is 0 Å². The number of halogens is 2. The smallest absolute Gasteiger partial charge is 0.264 e. The van der Waals surface area contributed by atoms with Crippen molar-refractivity contribution in [3.63, 3.8) is 0 Å². The highest BCUT2D eigenvalue weighted by molar-refractivity contribution is 5.44. The van der Waals surface area contributed by atoms with Crippen LogP contribution in [0.3, 0.4) is 0 Å². The monoisotopic (exact) mass is 227 g/mol. The van der Waals surface area contributed by atoms with Crippen LogP contribution in [0, 0.1) is 0 Å². The summed E-state index contributed by atoms with van der Waals surface area (Å²) in [6.45, 7) is 0.417. The average molecular weight is 227 g/mol. The molecule has 0 spiro atoms. The molecule has 1 fully saturated rings. The van der Waals surface area contributed by atoms with E-state index in [-0.39, 0.29) is 11.0 Å². The maximum Gasteiger partial charge on any atom is 0.264 e. The summed E-state index contributed by atoms with van der Waals surface area (Å²) in [5.74, 6) is 0.610. The van der Waals surface area contributed by atoms with Crippen molar-refractivity contribution in [2.24, 2.45) is 5.73 Å².